The van der Waals surface area contributed by atoms with Crippen LogP contribution in [0.3, 0.4) is 0 Å². The zero-order valence-electron chi connectivity index (χ0n) is 9.75. The lowest BCUT2D eigenvalue weighted by molar-refractivity contribution is 0.199. The van der Waals surface area contributed by atoms with Crippen molar-refractivity contribution in [2.45, 2.75) is 25.8 Å². The number of anilines is 1. The average Bonchev–Trinajstić information content (AvgIpc) is 2.19. The molecule has 0 amide bonds. The van der Waals surface area contributed by atoms with Gasteiger partial charge in [0.15, 0.2) is 5.82 Å². The van der Waals surface area contributed by atoms with E-state index in [1.54, 1.807) is 6.07 Å². The smallest absolute Gasteiger partial charge is 0.150 e. The van der Waals surface area contributed by atoms with Crippen molar-refractivity contribution in [2.75, 3.05) is 19.3 Å². The molecular weight excluding hydrogens is 203 g/mol. The molecule has 2 rings (SSSR count). The summed E-state index contributed by atoms with van der Waals surface area (Å²) in [5, 5.41) is 0. The molecule has 88 valence electrons. The molecule has 1 aromatic carbocycles. The predicted molar refractivity (Wildman–Crippen MR) is 64.5 cm³/mol. The molecule has 0 saturated heterocycles. The molecule has 1 saturated carbocycles. The SMILES string of the molecule is CN(Cc1cccc(N)c1F)CC1CCC1. The lowest BCUT2D eigenvalue weighted by atomic mass is 9.85. The molecule has 0 unspecified atom stereocenters. The number of hydrogen-bond acceptors (Lipinski definition) is 2. The van der Waals surface area contributed by atoms with Crippen LogP contribution in [0, 0.1) is 11.7 Å². The predicted octanol–water partition coefficient (Wildman–Crippen LogP) is 2.64. The molecule has 0 aromatic heterocycles. The summed E-state index contributed by atoms with van der Waals surface area (Å²) in [6.07, 6.45) is 4.00. The molecule has 3 heteroatoms. The van der Waals surface area contributed by atoms with Crippen molar-refractivity contribution in [3.63, 3.8) is 0 Å². The first-order valence-electron chi connectivity index (χ1n) is 5.88. The third kappa shape index (κ3) is 2.53. The van der Waals surface area contributed by atoms with Crippen molar-refractivity contribution in [3.05, 3.63) is 29.6 Å². The monoisotopic (exact) mass is 222 g/mol. The number of nitrogen functional groups attached to an aromatic ring is 1. The lowest BCUT2D eigenvalue weighted by Gasteiger charge is -2.30. The van der Waals surface area contributed by atoms with Crippen LogP contribution in [0.15, 0.2) is 18.2 Å². The van der Waals surface area contributed by atoms with E-state index in [1.165, 1.54) is 19.3 Å². The van der Waals surface area contributed by atoms with Crippen LogP contribution in [-0.2, 0) is 6.54 Å². The number of benzene rings is 1. The highest BCUT2D eigenvalue weighted by Crippen LogP contribution is 2.27. The molecule has 0 bridgehead atoms. The number of nitrogens with two attached hydrogens (primary N) is 1. The Labute approximate surface area is 96.2 Å². The third-order valence-electron chi connectivity index (χ3n) is 3.34. The third-order valence-corrected chi connectivity index (χ3v) is 3.34. The van der Waals surface area contributed by atoms with Crippen LogP contribution in [0.25, 0.3) is 0 Å². The second kappa shape index (κ2) is 4.83. The molecule has 1 fully saturated rings. The van der Waals surface area contributed by atoms with E-state index in [1.807, 2.05) is 19.2 Å². The van der Waals surface area contributed by atoms with Gasteiger partial charge in [-0.2, -0.15) is 0 Å². The summed E-state index contributed by atoms with van der Waals surface area (Å²) in [6, 6.07) is 5.22. The molecule has 1 aliphatic rings. The zero-order valence-corrected chi connectivity index (χ0v) is 9.75. The van der Waals surface area contributed by atoms with Gasteiger partial charge < -0.3 is 10.6 Å². The Kier molecular flexibility index (Phi) is 3.44. The summed E-state index contributed by atoms with van der Waals surface area (Å²) in [5.41, 5.74) is 6.48. The Balaban J connectivity index is 1.94. The molecule has 2 nitrogen and oxygen atoms in total. The van der Waals surface area contributed by atoms with E-state index in [0.717, 1.165) is 12.5 Å². The van der Waals surface area contributed by atoms with Crippen molar-refractivity contribution >= 4 is 5.69 Å². The first-order valence-corrected chi connectivity index (χ1v) is 5.88. The minimum absolute atomic E-state index is 0.245. The summed E-state index contributed by atoms with van der Waals surface area (Å²) in [7, 11) is 2.04. The Morgan fingerprint density at radius 3 is 2.81 bits per heavy atom. The second-order valence-corrected chi connectivity index (χ2v) is 4.81. The molecular formula is C13H19FN2. The van der Waals surface area contributed by atoms with Gasteiger partial charge in [-0.05, 0) is 31.9 Å². The highest BCUT2D eigenvalue weighted by atomic mass is 19.1. The zero-order chi connectivity index (χ0) is 11.5. The van der Waals surface area contributed by atoms with Gasteiger partial charge in [0.05, 0.1) is 5.69 Å². The summed E-state index contributed by atoms with van der Waals surface area (Å²) in [5.74, 6) is 0.553. The van der Waals surface area contributed by atoms with Gasteiger partial charge >= 0.3 is 0 Å². The van der Waals surface area contributed by atoms with Crippen molar-refractivity contribution in [1.82, 2.24) is 4.90 Å². The maximum atomic E-state index is 13.6. The van der Waals surface area contributed by atoms with Gasteiger partial charge in [-0.3, -0.25) is 0 Å². The Hall–Kier alpha value is -1.09. The normalized spacial score (nSPS) is 16.4. The Morgan fingerprint density at radius 1 is 1.44 bits per heavy atom. The van der Waals surface area contributed by atoms with Crippen LogP contribution >= 0.6 is 0 Å². The molecule has 0 spiro atoms. The molecule has 0 heterocycles. The fourth-order valence-corrected chi connectivity index (χ4v) is 2.19. The summed E-state index contributed by atoms with van der Waals surface area (Å²) in [4.78, 5) is 2.18. The summed E-state index contributed by atoms with van der Waals surface area (Å²) < 4.78 is 13.6. The van der Waals surface area contributed by atoms with Gasteiger partial charge in [0.1, 0.15) is 0 Å². The summed E-state index contributed by atoms with van der Waals surface area (Å²) >= 11 is 0. The van der Waals surface area contributed by atoms with E-state index in [2.05, 4.69) is 4.90 Å². The van der Waals surface area contributed by atoms with Gasteiger partial charge in [0.25, 0.3) is 0 Å². The van der Waals surface area contributed by atoms with E-state index in [0.29, 0.717) is 12.1 Å². The quantitative estimate of drug-likeness (QED) is 0.793. The molecule has 2 N–H and O–H groups in total. The van der Waals surface area contributed by atoms with Gasteiger partial charge in [0, 0.05) is 18.7 Å². The molecule has 16 heavy (non-hydrogen) atoms. The second-order valence-electron chi connectivity index (χ2n) is 4.81. The molecule has 0 atom stereocenters. The number of hydrogen-bond donors (Lipinski definition) is 1. The lowest BCUT2D eigenvalue weighted by Crippen LogP contribution is -2.29. The molecule has 0 aliphatic heterocycles. The van der Waals surface area contributed by atoms with Crippen LogP contribution in [0.1, 0.15) is 24.8 Å². The van der Waals surface area contributed by atoms with E-state index in [-0.39, 0.29) is 11.5 Å². The van der Waals surface area contributed by atoms with Crippen LogP contribution in [-0.4, -0.2) is 18.5 Å². The maximum absolute atomic E-state index is 13.6. The van der Waals surface area contributed by atoms with Crippen LogP contribution < -0.4 is 5.73 Å². The van der Waals surface area contributed by atoms with Crippen molar-refractivity contribution in [1.29, 1.82) is 0 Å². The Bertz CT molecular complexity index is 361. The number of rotatable bonds is 4. The van der Waals surface area contributed by atoms with Crippen LogP contribution in [0.4, 0.5) is 10.1 Å². The largest absolute Gasteiger partial charge is 0.396 e. The highest BCUT2D eigenvalue weighted by Gasteiger charge is 2.19. The summed E-state index contributed by atoms with van der Waals surface area (Å²) in [6.45, 7) is 1.71. The highest BCUT2D eigenvalue weighted by molar-refractivity contribution is 5.42. The van der Waals surface area contributed by atoms with E-state index in [9.17, 15) is 4.39 Å². The van der Waals surface area contributed by atoms with Crippen molar-refractivity contribution in [2.24, 2.45) is 5.92 Å². The fourth-order valence-electron chi connectivity index (χ4n) is 2.19. The van der Waals surface area contributed by atoms with E-state index < -0.39 is 0 Å². The first-order chi connectivity index (χ1) is 7.66. The molecule has 1 aromatic rings. The van der Waals surface area contributed by atoms with Crippen LogP contribution in [0.5, 0.6) is 0 Å². The molecule has 1 aliphatic carbocycles. The average molecular weight is 222 g/mol. The topological polar surface area (TPSA) is 29.3 Å². The van der Waals surface area contributed by atoms with Crippen molar-refractivity contribution in [3.8, 4) is 0 Å². The number of nitrogens with zero attached hydrogens (tertiary/aromatic N) is 1. The first kappa shape index (κ1) is 11.4. The minimum Gasteiger partial charge on any atom is -0.396 e. The van der Waals surface area contributed by atoms with Gasteiger partial charge in [-0.1, -0.05) is 18.6 Å². The van der Waals surface area contributed by atoms with Gasteiger partial charge in [-0.25, -0.2) is 4.39 Å². The molecule has 0 radical (unpaired) electrons. The van der Waals surface area contributed by atoms with Crippen molar-refractivity contribution < 1.29 is 4.39 Å². The maximum Gasteiger partial charge on any atom is 0.150 e. The van der Waals surface area contributed by atoms with Crippen LogP contribution in [0.2, 0.25) is 0 Å². The Morgan fingerprint density at radius 2 is 2.19 bits per heavy atom. The number of halogens is 1. The minimum atomic E-state index is -0.261. The van der Waals surface area contributed by atoms with Gasteiger partial charge in [0.2, 0.25) is 0 Å². The standard InChI is InChI=1S/C13H19FN2/c1-16(8-10-4-2-5-10)9-11-6-3-7-12(15)13(11)14/h3,6-7,10H,2,4-5,8-9,15H2,1H3. The van der Waals surface area contributed by atoms with Gasteiger partial charge in [-0.15, -0.1) is 0 Å². The fraction of sp³-hybridized carbons (Fsp3) is 0.538. The van der Waals surface area contributed by atoms with E-state index >= 15 is 0 Å². The van der Waals surface area contributed by atoms with E-state index in [4.69, 9.17) is 5.73 Å².